The van der Waals surface area contributed by atoms with Crippen LogP contribution in [0.3, 0.4) is 0 Å². The Labute approximate surface area is 172 Å². The van der Waals surface area contributed by atoms with Gasteiger partial charge in [-0.1, -0.05) is 24.7 Å². The number of carbonyl (C=O) groups is 2. The average Bonchev–Trinajstić information content (AvgIpc) is 3.07. The summed E-state index contributed by atoms with van der Waals surface area (Å²) in [7, 11) is 0. The van der Waals surface area contributed by atoms with Crippen LogP contribution in [0.25, 0.3) is 0 Å². The molecule has 0 aliphatic heterocycles. The van der Waals surface area contributed by atoms with E-state index in [0.717, 1.165) is 18.3 Å². The molecular weight excluding hydrogens is 433 g/mol. The van der Waals surface area contributed by atoms with Crippen LogP contribution in [-0.4, -0.2) is 34.1 Å². The van der Waals surface area contributed by atoms with Gasteiger partial charge in [0.25, 0.3) is 0 Å². The lowest BCUT2D eigenvalue weighted by molar-refractivity contribution is -0.205. The fraction of sp³-hybridized carbons (Fsp3) is 0.389. The van der Waals surface area contributed by atoms with E-state index >= 15 is 0 Å². The second-order valence-corrected chi connectivity index (χ2v) is 7.43. The van der Waals surface area contributed by atoms with Gasteiger partial charge in [0, 0.05) is 12.3 Å². The number of nitrogens with zero attached hydrogens (tertiary/aromatic N) is 1. The molecule has 0 saturated heterocycles. The Morgan fingerprint density at radius 3 is 2.40 bits per heavy atom. The maximum absolute atomic E-state index is 13.2. The highest BCUT2D eigenvalue weighted by molar-refractivity contribution is 7.15. The average molecular weight is 451 g/mol. The number of aromatic nitrogens is 1. The van der Waals surface area contributed by atoms with Gasteiger partial charge in [0.2, 0.25) is 11.8 Å². The molecule has 2 unspecified atom stereocenters. The number of amides is 2. The van der Waals surface area contributed by atoms with Crippen molar-refractivity contribution in [2.24, 2.45) is 0 Å². The summed E-state index contributed by atoms with van der Waals surface area (Å²) in [5.74, 6) is -3.08. The second-order valence-electron chi connectivity index (χ2n) is 6.36. The highest BCUT2D eigenvalue weighted by atomic mass is 32.1. The fourth-order valence-corrected chi connectivity index (χ4v) is 3.36. The molecule has 2 atom stereocenters. The second kappa shape index (κ2) is 9.94. The number of alkyl halides is 3. The SMILES string of the molecule is CCCC(NC(=O)Cc1cc(F)cc(F)c1)C(=O)Nc1ncc(C(O)C(F)(F)F)s1. The van der Waals surface area contributed by atoms with Crippen LogP contribution in [0.5, 0.6) is 0 Å². The van der Waals surface area contributed by atoms with Crippen LogP contribution >= 0.6 is 11.3 Å². The minimum Gasteiger partial charge on any atom is -0.379 e. The van der Waals surface area contributed by atoms with E-state index in [4.69, 9.17) is 0 Å². The molecule has 0 saturated carbocycles. The number of nitrogens with one attached hydrogen (secondary N) is 2. The lowest BCUT2D eigenvalue weighted by Gasteiger charge is -2.17. The van der Waals surface area contributed by atoms with Crippen molar-refractivity contribution >= 4 is 28.3 Å². The van der Waals surface area contributed by atoms with Crippen molar-refractivity contribution in [2.45, 2.75) is 44.5 Å². The van der Waals surface area contributed by atoms with Gasteiger partial charge < -0.3 is 15.7 Å². The Morgan fingerprint density at radius 2 is 1.83 bits per heavy atom. The summed E-state index contributed by atoms with van der Waals surface area (Å²) in [5.41, 5.74) is 0.0753. The molecule has 1 aromatic heterocycles. The molecule has 1 aromatic carbocycles. The Morgan fingerprint density at radius 1 is 1.20 bits per heavy atom. The summed E-state index contributed by atoms with van der Waals surface area (Å²) in [6, 6.07) is 1.59. The van der Waals surface area contributed by atoms with Gasteiger partial charge in [0.15, 0.2) is 11.2 Å². The molecule has 2 rings (SSSR count). The predicted molar refractivity (Wildman–Crippen MR) is 98.7 cm³/mol. The summed E-state index contributed by atoms with van der Waals surface area (Å²) in [4.78, 5) is 27.7. The number of rotatable bonds is 8. The molecular formula is C18H18F5N3O3S. The largest absolute Gasteiger partial charge is 0.419 e. The molecule has 2 amide bonds. The van der Waals surface area contributed by atoms with Crippen molar-refractivity contribution < 1.29 is 36.6 Å². The van der Waals surface area contributed by atoms with Gasteiger partial charge >= 0.3 is 6.18 Å². The number of anilines is 1. The van der Waals surface area contributed by atoms with Crippen LogP contribution in [0.15, 0.2) is 24.4 Å². The van der Waals surface area contributed by atoms with E-state index in [0.29, 0.717) is 23.8 Å². The maximum Gasteiger partial charge on any atom is 0.419 e. The molecule has 3 N–H and O–H groups in total. The first-order valence-electron chi connectivity index (χ1n) is 8.75. The Balaban J connectivity index is 2.02. The van der Waals surface area contributed by atoms with Crippen LogP contribution in [0.4, 0.5) is 27.1 Å². The number of halogens is 5. The summed E-state index contributed by atoms with van der Waals surface area (Å²) in [5, 5.41) is 13.8. The third-order valence-corrected chi connectivity index (χ3v) is 4.81. The minimum atomic E-state index is -4.87. The van der Waals surface area contributed by atoms with Crippen molar-refractivity contribution in [3.8, 4) is 0 Å². The number of hydrogen-bond acceptors (Lipinski definition) is 5. The van der Waals surface area contributed by atoms with Gasteiger partial charge in [-0.3, -0.25) is 9.59 Å². The first-order valence-corrected chi connectivity index (χ1v) is 9.57. The van der Waals surface area contributed by atoms with Crippen molar-refractivity contribution in [1.29, 1.82) is 0 Å². The van der Waals surface area contributed by atoms with E-state index < -0.39 is 46.6 Å². The van der Waals surface area contributed by atoms with E-state index in [2.05, 4.69) is 15.6 Å². The first kappa shape index (κ1) is 23.7. The molecule has 0 spiro atoms. The molecule has 1 heterocycles. The molecule has 12 heteroatoms. The van der Waals surface area contributed by atoms with Gasteiger partial charge in [0.05, 0.1) is 11.3 Å². The van der Waals surface area contributed by atoms with Crippen LogP contribution < -0.4 is 10.6 Å². The lowest BCUT2D eigenvalue weighted by Crippen LogP contribution is -2.44. The quantitative estimate of drug-likeness (QED) is 0.536. The minimum absolute atomic E-state index is 0.0753. The van der Waals surface area contributed by atoms with Crippen LogP contribution in [0.2, 0.25) is 0 Å². The number of aliphatic hydroxyl groups excluding tert-OH is 1. The van der Waals surface area contributed by atoms with Gasteiger partial charge in [0.1, 0.15) is 17.7 Å². The molecule has 6 nitrogen and oxygen atoms in total. The maximum atomic E-state index is 13.2. The van der Waals surface area contributed by atoms with Gasteiger partial charge in [-0.05, 0) is 24.1 Å². The molecule has 0 fully saturated rings. The molecule has 0 radical (unpaired) electrons. The first-order chi connectivity index (χ1) is 14.0. The van der Waals surface area contributed by atoms with Crippen molar-refractivity contribution in [1.82, 2.24) is 10.3 Å². The van der Waals surface area contributed by atoms with Crippen LogP contribution in [0, 0.1) is 11.6 Å². The van der Waals surface area contributed by atoms with E-state index in [1.165, 1.54) is 0 Å². The molecule has 0 bridgehead atoms. The van der Waals surface area contributed by atoms with Crippen molar-refractivity contribution in [3.63, 3.8) is 0 Å². The Hall–Kier alpha value is -2.60. The highest BCUT2D eigenvalue weighted by Gasteiger charge is 2.40. The Kier molecular flexibility index (Phi) is 7.84. The monoisotopic (exact) mass is 451 g/mol. The number of aliphatic hydroxyl groups is 1. The van der Waals surface area contributed by atoms with Crippen molar-refractivity contribution in [2.75, 3.05) is 5.32 Å². The smallest absolute Gasteiger partial charge is 0.379 e. The zero-order chi connectivity index (χ0) is 22.5. The lowest BCUT2D eigenvalue weighted by atomic mass is 10.1. The standard InChI is InChI=1S/C18H18F5N3O3S/c1-2-3-12(25-14(27)6-9-4-10(19)7-11(20)5-9)16(29)26-17-24-8-13(30-17)15(28)18(21,22)23/h4-5,7-8,12,15,28H,2-3,6H2,1H3,(H,25,27)(H,24,26,29). The van der Waals surface area contributed by atoms with Crippen molar-refractivity contribution in [3.05, 3.63) is 46.5 Å². The number of benzene rings is 1. The van der Waals surface area contributed by atoms with Gasteiger partial charge in [-0.2, -0.15) is 13.2 Å². The number of hydrogen-bond donors (Lipinski definition) is 3. The van der Waals surface area contributed by atoms with E-state index in [9.17, 15) is 36.6 Å². The van der Waals surface area contributed by atoms with Gasteiger partial charge in [-0.25, -0.2) is 13.8 Å². The van der Waals surface area contributed by atoms with E-state index in [-0.39, 0.29) is 23.5 Å². The fourth-order valence-electron chi connectivity index (χ4n) is 2.53. The third kappa shape index (κ3) is 6.73. The third-order valence-electron chi connectivity index (χ3n) is 3.85. The summed E-state index contributed by atoms with van der Waals surface area (Å²) >= 11 is 0.447. The molecule has 2 aromatic rings. The molecule has 164 valence electrons. The summed E-state index contributed by atoms with van der Waals surface area (Å²) in [6.45, 7) is 1.75. The summed E-state index contributed by atoms with van der Waals surface area (Å²) < 4.78 is 64.1. The van der Waals surface area contributed by atoms with Gasteiger partial charge in [-0.15, -0.1) is 0 Å². The summed E-state index contributed by atoms with van der Waals surface area (Å²) in [6.07, 6.45) is -6.48. The zero-order valence-corrected chi connectivity index (χ0v) is 16.4. The topological polar surface area (TPSA) is 91.3 Å². The van der Waals surface area contributed by atoms with Crippen LogP contribution in [0.1, 0.15) is 36.3 Å². The zero-order valence-electron chi connectivity index (χ0n) is 15.6. The van der Waals surface area contributed by atoms with E-state index in [1.54, 1.807) is 6.92 Å². The Bertz CT molecular complexity index is 883. The number of carbonyl (C=O) groups excluding carboxylic acids is 2. The van der Waals surface area contributed by atoms with Crippen LogP contribution in [-0.2, 0) is 16.0 Å². The normalized spacial score (nSPS) is 13.6. The molecule has 0 aliphatic rings. The molecule has 0 aliphatic carbocycles. The highest BCUT2D eigenvalue weighted by Crippen LogP contribution is 2.36. The molecule has 30 heavy (non-hydrogen) atoms. The van der Waals surface area contributed by atoms with E-state index in [1.807, 2.05) is 0 Å². The number of thiazole rings is 1. The predicted octanol–water partition coefficient (Wildman–Crippen LogP) is 3.48.